The molecule has 0 saturated heterocycles. The molecular formula is C12H14BrNO3. The van der Waals surface area contributed by atoms with Gasteiger partial charge in [-0.2, -0.15) is 0 Å². The number of carbonyl (C=O) groups excluding carboxylic acids is 2. The number of benzene rings is 1. The molecule has 92 valence electrons. The van der Waals surface area contributed by atoms with Gasteiger partial charge in [0.05, 0.1) is 11.6 Å². The van der Waals surface area contributed by atoms with Gasteiger partial charge in [0, 0.05) is 20.5 Å². The van der Waals surface area contributed by atoms with Gasteiger partial charge in [-0.3, -0.25) is 9.59 Å². The van der Waals surface area contributed by atoms with Crippen molar-refractivity contribution in [3.05, 3.63) is 28.2 Å². The van der Waals surface area contributed by atoms with Crippen LogP contribution in [0.15, 0.2) is 22.7 Å². The van der Waals surface area contributed by atoms with Crippen molar-refractivity contribution in [1.29, 1.82) is 0 Å². The first-order valence-corrected chi connectivity index (χ1v) is 5.83. The first-order chi connectivity index (χ1) is 7.95. The lowest BCUT2D eigenvalue weighted by atomic mass is 10.2. The third kappa shape index (κ3) is 3.56. The van der Waals surface area contributed by atoms with Gasteiger partial charge in [-0.1, -0.05) is 6.07 Å². The molecule has 0 radical (unpaired) electrons. The average molecular weight is 300 g/mol. The lowest BCUT2D eigenvalue weighted by Gasteiger charge is -2.16. The van der Waals surface area contributed by atoms with Gasteiger partial charge >= 0.3 is 0 Å². The Morgan fingerprint density at radius 1 is 1.41 bits per heavy atom. The SMILES string of the molecule is COc1ccc(CN(C)C(=O)C(C)=O)cc1Br. The highest BCUT2D eigenvalue weighted by Gasteiger charge is 2.14. The molecule has 1 amide bonds. The van der Waals surface area contributed by atoms with E-state index in [1.807, 2.05) is 18.2 Å². The summed E-state index contributed by atoms with van der Waals surface area (Å²) in [5, 5.41) is 0. The molecule has 1 aromatic carbocycles. The number of rotatable bonds is 4. The molecule has 1 rings (SSSR count). The van der Waals surface area contributed by atoms with Crippen LogP contribution < -0.4 is 4.74 Å². The molecule has 0 spiro atoms. The number of hydrogen-bond acceptors (Lipinski definition) is 3. The van der Waals surface area contributed by atoms with E-state index in [1.165, 1.54) is 11.8 Å². The first-order valence-electron chi connectivity index (χ1n) is 5.04. The summed E-state index contributed by atoms with van der Waals surface area (Å²) in [6.45, 7) is 1.66. The van der Waals surface area contributed by atoms with Crippen molar-refractivity contribution >= 4 is 27.6 Å². The highest BCUT2D eigenvalue weighted by molar-refractivity contribution is 9.10. The van der Waals surface area contributed by atoms with E-state index in [0.717, 1.165) is 15.8 Å². The quantitative estimate of drug-likeness (QED) is 0.799. The third-order valence-corrected chi connectivity index (χ3v) is 2.90. The largest absolute Gasteiger partial charge is 0.496 e. The number of methoxy groups -OCH3 is 1. The van der Waals surface area contributed by atoms with E-state index >= 15 is 0 Å². The van der Waals surface area contributed by atoms with Crippen LogP contribution >= 0.6 is 15.9 Å². The van der Waals surface area contributed by atoms with Crippen LogP contribution in [0.25, 0.3) is 0 Å². The minimum absolute atomic E-state index is 0.390. The fourth-order valence-corrected chi connectivity index (χ4v) is 2.01. The highest BCUT2D eigenvalue weighted by atomic mass is 79.9. The van der Waals surface area contributed by atoms with Gasteiger partial charge in [0.15, 0.2) is 0 Å². The van der Waals surface area contributed by atoms with Crippen LogP contribution in [0.2, 0.25) is 0 Å². The number of nitrogens with zero attached hydrogens (tertiary/aromatic N) is 1. The van der Waals surface area contributed by atoms with Crippen molar-refractivity contribution in [2.45, 2.75) is 13.5 Å². The molecule has 1 aromatic rings. The Morgan fingerprint density at radius 3 is 2.53 bits per heavy atom. The molecule has 5 heteroatoms. The fraction of sp³-hybridized carbons (Fsp3) is 0.333. The summed E-state index contributed by atoms with van der Waals surface area (Å²) in [5.41, 5.74) is 0.926. The molecule has 0 fully saturated rings. The number of carbonyl (C=O) groups is 2. The second-order valence-electron chi connectivity index (χ2n) is 3.69. The number of ether oxygens (including phenoxy) is 1. The normalized spacial score (nSPS) is 9.88. The Bertz CT molecular complexity index is 445. The summed E-state index contributed by atoms with van der Waals surface area (Å²) in [6, 6.07) is 5.53. The summed E-state index contributed by atoms with van der Waals surface area (Å²) < 4.78 is 5.93. The lowest BCUT2D eigenvalue weighted by Crippen LogP contribution is -2.31. The maximum atomic E-state index is 11.4. The van der Waals surface area contributed by atoms with Crippen molar-refractivity contribution in [2.75, 3.05) is 14.2 Å². The molecule has 0 aromatic heterocycles. The molecule has 0 unspecified atom stereocenters. The number of likely N-dealkylation sites (N-methyl/N-ethyl adjacent to an activating group) is 1. The molecule has 0 N–H and O–H groups in total. The van der Waals surface area contributed by atoms with E-state index in [1.54, 1.807) is 14.2 Å². The zero-order valence-corrected chi connectivity index (χ0v) is 11.6. The zero-order valence-electron chi connectivity index (χ0n) is 9.99. The van der Waals surface area contributed by atoms with Gasteiger partial charge in [0.2, 0.25) is 5.78 Å². The third-order valence-electron chi connectivity index (χ3n) is 2.28. The van der Waals surface area contributed by atoms with E-state index in [0.29, 0.717) is 6.54 Å². The molecule has 17 heavy (non-hydrogen) atoms. The molecule has 0 aliphatic carbocycles. The standard InChI is InChI=1S/C12H14BrNO3/c1-8(15)12(16)14(2)7-9-4-5-11(17-3)10(13)6-9/h4-6H,7H2,1-3H3. The number of hydrogen-bond donors (Lipinski definition) is 0. The number of amides is 1. The van der Waals surface area contributed by atoms with Gasteiger partial charge in [-0.05, 0) is 33.6 Å². The van der Waals surface area contributed by atoms with Crippen molar-refractivity contribution in [1.82, 2.24) is 4.90 Å². The Morgan fingerprint density at radius 2 is 2.06 bits per heavy atom. The molecule has 4 nitrogen and oxygen atoms in total. The number of Topliss-reactive ketones (excluding diaryl/α,β-unsaturated/α-hetero) is 1. The van der Waals surface area contributed by atoms with Crippen LogP contribution in [0.1, 0.15) is 12.5 Å². The van der Waals surface area contributed by atoms with E-state index < -0.39 is 11.7 Å². The Kier molecular flexibility index (Phi) is 4.69. The predicted octanol–water partition coefficient (Wildman–Crippen LogP) is 2.01. The van der Waals surface area contributed by atoms with Crippen LogP contribution in [0, 0.1) is 0 Å². The number of halogens is 1. The monoisotopic (exact) mass is 299 g/mol. The smallest absolute Gasteiger partial charge is 0.289 e. The Balaban J connectivity index is 2.79. The van der Waals surface area contributed by atoms with E-state index in [9.17, 15) is 9.59 Å². The van der Waals surface area contributed by atoms with Crippen LogP contribution in [0.4, 0.5) is 0 Å². The van der Waals surface area contributed by atoms with Gasteiger partial charge in [0.1, 0.15) is 5.75 Å². The molecule has 0 aliphatic heterocycles. The van der Waals surface area contributed by atoms with Gasteiger partial charge in [0.25, 0.3) is 5.91 Å². The van der Waals surface area contributed by atoms with E-state index in [2.05, 4.69) is 15.9 Å². The minimum atomic E-state index is -0.489. The maximum Gasteiger partial charge on any atom is 0.289 e. The first kappa shape index (κ1) is 13.7. The molecular weight excluding hydrogens is 286 g/mol. The van der Waals surface area contributed by atoms with Crippen LogP contribution in [-0.4, -0.2) is 30.7 Å². The summed E-state index contributed by atoms with van der Waals surface area (Å²) in [4.78, 5) is 23.7. The zero-order chi connectivity index (χ0) is 13.0. The van der Waals surface area contributed by atoms with Crippen molar-refractivity contribution in [3.8, 4) is 5.75 Å². The summed E-state index contributed by atoms with van der Waals surface area (Å²) in [5.74, 6) is -0.216. The molecule has 0 heterocycles. The molecule has 0 saturated carbocycles. The number of ketones is 1. The molecule has 0 bridgehead atoms. The molecule has 0 atom stereocenters. The Labute approximate surface area is 109 Å². The fourth-order valence-electron chi connectivity index (χ4n) is 1.42. The van der Waals surface area contributed by atoms with E-state index in [-0.39, 0.29) is 0 Å². The van der Waals surface area contributed by atoms with Crippen molar-refractivity contribution in [2.24, 2.45) is 0 Å². The topological polar surface area (TPSA) is 46.6 Å². The van der Waals surface area contributed by atoms with Gasteiger partial charge < -0.3 is 9.64 Å². The van der Waals surface area contributed by atoms with E-state index in [4.69, 9.17) is 4.74 Å². The minimum Gasteiger partial charge on any atom is -0.496 e. The highest BCUT2D eigenvalue weighted by Crippen LogP contribution is 2.25. The summed E-state index contributed by atoms with van der Waals surface area (Å²) >= 11 is 3.37. The summed E-state index contributed by atoms with van der Waals surface area (Å²) in [6.07, 6.45) is 0. The molecule has 0 aliphatic rings. The summed E-state index contributed by atoms with van der Waals surface area (Å²) in [7, 11) is 3.19. The van der Waals surface area contributed by atoms with Gasteiger partial charge in [-0.25, -0.2) is 0 Å². The second-order valence-corrected chi connectivity index (χ2v) is 4.54. The predicted molar refractivity (Wildman–Crippen MR) is 67.8 cm³/mol. The van der Waals surface area contributed by atoms with Crippen LogP contribution in [-0.2, 0) is 16.1 Å². The lowest BCUT2D eigenvalue weighted by molar-refractivity contribution is -0.143. The van der Waals surface area contributed by atoms with Gasteiger partial charge in [-0.15, -0.1) is 0 Å². The average Bonchev–Trinajstić information content (AvgIpc) is 2.28. The second kappa shape index (κ2) is 5.82. The van der Waals surface area contributed by atoms with Crippen molar-refractivity contribution in [3.63, 3.8) is 0 Å². The Hall–Kier alpha value is -1.36. The van der Waals surface area contributed by atoms with Crippen LogP contribution in [0.5, 0.6) is 5.75 Å². The van der Waals surface area contributed by atoms with Crippen molar-refractivity contribution < 1.29 is 14.3 Å². The van der Waals surface area contributed by atoms with Crippen LogP contribution in [0.3, 0.4) is 0 Å². The maximum absolute atomic E-state index is 11.4.